The minimum absolute atomic E-state index is 0.0978. The lowest BCUT2D eigenvalue weighted by atomic mass is 9.75. The van der Waals surface area contributed by atoms with Gasteiger partial charge in [0.05, 0.1) is 18.8 Å². The van der Waals surface area contributed by atoms with Crippen molar-refractivity contribution in [2.24, 2.45) is 5.92 Å². The van der Waals surface area contributed by atoms with E-state index in [4.69, 9.17) is 4.74 Å². The standard InChI is InChI=1S/C22H25NO2/c1-25-19-15-9-8-14-18(19)23-21(17-12-6-3-7-13-17)20(22(23)24)16-10-4-2-5-11-16/h3,6-9,12-16,21,24H,2,4-5,10-11H2,1H3. The largest absolute Gasteiger partial charge is 0.495 e. The fraction of sp³-hybridized carbons (Fsp3) is 0.364. The molecule has 1 unspecified atom stereocenters. The summed E-state index contributed by atoms with van der Waals surface area (Å²) < 4.78 is 5.54. The molecule has 1 atom stereocenters. The summed E-state index contributed by atoms with van der Waals surface area (Å²) in [7, 11) is 1.68. The predicted octanol–water partition coefficient (Wildman–Crippen LogP) is 5.61. The third-order valence-electron chi connectivity index (χ3n) is 5.54. The summed E-state index contributed by atoms with van der Waals surface area (Å²) >= 11 is 0. The molecule has 0 amide bonds. The second-order valence-corrected chi connectivity index (χ2v) is 6.97. The number of aliphatic hydroxyl groups is 1. The number of hydrogen-bond donors (Lipinski definition) is 1. The maximum absolute atomic E-state index is 11.0. The zero-order valence-electron chi connectivity index (χ0n) is 14.7. The van der Waals surface area contributed by atoms with E-state index in [0.29, 0.717) is 11.8 Å². The van der Waals surface area contributed by atoms with Crippen molar-refractivity contribution in [1.29, 1.82) is 0 Å². The molecule has 25 heavy (non-hydrogen) atoms. The molecule has 0 spiro atoms. The van der Waals surface area contributed by atoms with Crippen molar-refractivity contribution in [1.82, 2.24) is 0 Å². The van der Waals surface area contributed by atoms with Crippen LogP contribution in [0.1, 0.15) is 43.7 Å². The number of rotatable bonds is 4. The first kappa shape index (κ1) is 16.1. The summed E-state index contributed by atoms with van der Waals surface area (Å²) in [6, 6.07) is 18.5. The molecule has 2 aliphatic rings. The lowest BCUT2D eigenvalue weighted by molar-refractivity contribution is 0.283. The van der Waals surface area contributed by atoms with Crippen molar-refractivity contribution >= 4 is 5.69 Å². The van der Waals surface area contributed by atoms with Gasteiger partial charge in [-0.3, -0.25) is 4.90 Å². The Hall–Kier alpha value is -2.42. The van der Waals surface area contributed by atoms with Gasteiger partial charge < -0.3 is 9.84 Å². The van der Waals surface area contributed by atoms with Crippen molar-refractivity contribution in [3.8, 4) is 5.75 Å². The van der Waals surface area contributed by atoms with Gasteiger partial charge >= 0.3 is 0 Å². The van der Waals surface area contributed by atoms with E-state index >= 15 is 0 Å². The quantitative estimate of drug-likeness (QED) is 0.788. The van der Waals surface area contributed by atoms with Crippen LogP contribution in [0.15, 0.2) is 66.1 Å². The average Bonchev–Trinajstić information content (AvgIpc) is 2.68. The maximum atomic E-state index is 11.0. The van der Waals surface area contributed by atoms with Gasteiger partial charge in [0.1, 0.15) is 5.75 Å². The van der Waals surface area contributed by atoms with Crippen LogP contribution in [0.25, 0.3) is 0 Å². The molecule has 0 aromatic heterocycles. The van der Waals surface area contributed by atoms with Crippen LogP contribution in [0.5, 0.6) is 5.75 Å². The van der Waals surface area contributed by atoms with Gasteiger partial charge in [0.15, 0.2) is 5.88 Å². The molecule has 0 bridgehead atoms. The first-order chi connectivity index (χ1) is 12.3. The normalized spacial score (nSPS) is 21.2. The number of nitrogens with zero attached hydrogens (tertiary/aromatic N) is 1. The van der Waals surface area contributed by atoms with E-state index in [1.165, 1.54) is 43.2 Å². The molecule has 1 aliphatic carbocycles. The Morgan fingerprint density at radius 2 is 1.60 bits per heavy atom. The van der Waals surface area contributed by atoms with E-state index in [9.17, 15) is 5.11 Å². The molecular weight excluding hydrogens is 310 g/mol. The highest BCUT2D eigenvalue weighted by atomic mass is 16.5. The third kappa shape index (κ3) is 2.78. The van der Waals surface area contributed by atoms with E-state index < -0.39 is 0 Å². The van der Waals surface area contributed by atoms with Crippen LogP contribution in [0.3, 0.4) is 0 Å². The highest BCUT2D eigenvalue weighted by molar-refractivity contribution is 5.69. The Balaban J connectivity index is 1.78. The number of methoxy groups -OCH3 is 1. The van der Waals surface area contributed by atoms with Crippen LogP contribution in [0.2, 0.25) is 0 Å². The molecule has 1 fully saturated rings. The number of aliphatic hydroxyl groups excluding tert-OH is 1. The smallest absolute Gasteiger partial charge is 0.194 e. The van der Waals surface area contributed by atoms with Crippen molar-refractivity contribution in [2.75, 3.05) is 12.0 Å². The Kier molecular flexibility index (Phi) is 4.39. The van der Waals surface area contributed by atoms with Crippen molar-refractivity contribution in [3.05, 3.63) is 71.6 Å². The van der Waals surface area contributed by atoms with Gasteiger partial charge in [-0.25, -0.2) is 0 Å². The molecule has 2 aromatic carbocycles. The molecule has 3 nitrogen and oxygen atoms in total. The van der Waals surface area contributed by atoms with E-state index in [1.54, 1.807) is 7.11 Å². The van der Waals surface area contributed by atoms with Crippen LogP contribution in [-0.4, -0.2) is 12.2 Å². The highest BCUT2D eigenvalue weighted by Crippen LogP contribution is 2.52. The number of para-hydroxylation sites is 2. The topological polar surface area (TPSA) is 32.7 Å². The second kappa shape index (κ2) is 6.83. The second-order valence-electron chi connectivity index (χ2n) is 6.97. The average molecular weight is 335 g/mol. The molecule has 1 aliphatic heterocycles. The maximum Gasteiger partial charge on any atom is 0.194 e. The fourth-order valence-corrected chi connectivity index (χ4v) is 4.32. The number of anilines is 1. The van der Waals surface area contributed by atoms with Gasteiger partial charge in [-0.2, -0.15) is 0 Å². The molecule has 4 rings (SSSR count). The SMILES string of the molecule is COc1ccccc1N1C(O)=C(C2CCCCC2)C1c1ccccc1. The fourth-order valence-electron chi connectivity index (χ4n) is 4.32. The van der Waals surface area contributed by atoms with Crippen molar-refractivity contribution < 1.29 is 9.84 Å². The van der Waals surface area contributed by atoms with Gasteiger partial charge in [0.2, 0.25) is 0 Å². The van der Waals surface area contributed by atoms with Gasteiger partial charge in [0, 0.05) is 5.57 Å². The van der Waals surface area contributed by atoms with Crippen LogP contribution in [0.4, 0.5) is 5.69 Å². The van der Waals surface area contributed by atoms with Gasteiger partial charge in [0.25, 0.3) is 0 Å². The van der Waals surface area contributed by atoms with Crippen LogP contribution >= 0.6 is 0 Å². The number of benzene rings is 2. The lowest BCUT2D eigenvalue weighted by Gasteiger charge is -2.47. The predicted molar refractivity (Wildman–Crippen MR) is 101 cm³/mol. The van der Waals surface area contributed by atoms with Gasteiger partial charge in [-0.1, -0.05) is 61.7 Å². The summed E-state index contributed by atoms with van der Waals surface area (Å²) in [5.41, 5.74) is 3.36. The Morgan fingerprint density at radius 1 is 0.920 bits per heavy atom. The summed E-state index contributed by atoms with van der Waals surface area (Å²) in [6.07, 6.45) is 6.21. The lowest BCUT2D eigenvalue weighted by Crippen LogP contribution is -2.43. The molecule has 1 N–H and O–H groups in total. The van der Waals surface area contributed by atoms with E-state index in [1.807, 2.05) is 35.2 Å². The molecule has 2 aromatic rings. The molecular formula is C22H25NO2. The Morgan fingerprint density at radius 3 is 2.32 bits per heavy atom. The molecule has 1 heterocycles. The summed E-state index contributed by atoms with van der Waals surface area (Å²) in [5.74, 6) is 1.70. The van der Waals surface area contributed by atoms with Crippen LogP contribution in [-0.2, 0) is 0 Å². The zero-order valence-corrected chi connectivity index (χ0v) is 14.7. The van der Waals surface area contributed by atoms with Gasteiger partial charge in [-0.05, 0) is 36.5 Å². The number of ether oxygens (including phenoxy) is 1. The highest BCUT2D eigenvalue weighted by Gasteiger charge is 2.44. The summed E-state index contributed by atoms with van der Waals surface area (Å²) in [5, 5.41) is 11.0. The van der Waals surface area contributed by atoms with E-state index in [0.717, 1.165) is 11.4 Å². The van der Waals surface area contributed by atoms with E-state index in [2.05, 4.69) is 24.3 Å². The van der Waals surface area contributed by atoms with Crippen LogP contribution < -0.4 is 9.64 Å². The van der Waals surface area contributed by atoms with E-state index in [-0.39, 0.29) is 6.04 Å². The molecule has 0 saturated heterocycles. The molecule has 130 valence electrons. The summed E-state index contributed by atoms with van der Waals surface area (Å²) in [6.45, 7) is 0. The monoisotopic (exact) mass is 335 g/mol. The molecule has 3 heteroatoms. The van der Waals surface area contributed by atoms with Crippen molar-refractivity contribution in [2.45, 2.75) is 38.1 Å². The zero-order chi connectivity index (χ0) is 17.2. The Bertz CT molecular complexity index is 763. The Labute approximate surface area is 149 Å². The molecule has 1 saturated carbocycles. The van der Waals surface area contributed by atoms with Crippen LogP contribution in [0, 0.1) is 5.92 Å². The third-order valence-corrected chi connectivity index (χ3v) is 5.54. The first-order valence-electron chi connectivity index (χ1n) is 9.21. The minimum atomic E-state index is 0.0978. The number of hydrogen-bond acceptors (Lipinski definition) is 3. The molecule has 0 radical (unpaired) electrons. The minimum Gasteiger partial charge on any atom is -0.495 e. The van der Waals surface area contributed by atoms with Crippen molar-refractivity contribution in [3.63, 3.8) is 0 Å². The van der Waals surface area contributed by atoms with Gasteiger partial charge in [-0.15, -0.1) is 0 Å². The first-order valence-corrected chi connectivity index (χ1v) is 9.21. The summed E-state index contributed by atoms with van der Waals surface area (Å²) in [4.78, 5) is 2.03.